The quantitative estimate of drug-likeness (QED) is 0.298. The summed E-state index contributed by atoms with van der Waals surface area (Å²) in [6.45, 7) is 2.67. The van der Waals surface area contributed by atoms with Crippen LogP contribution >= 0.6 is 0 Å². The summed E-state index contributed by atoms with van der Waals surface area (Å²) >= 11 is 0. The molecule has 1 aromatic heterocycles. The van der Waals surface area contributed by atoms with Crippen LogP contribution in [0.15, 0.2) is 53.1 Å². The molecule has 2 aromatic carbocycles. The van der Waals surface area contributed by atoms with Gasteiger partial charge in [-0.1, -0.05) is 42.8 Å². The summed E-state index contributed by atoms with van der Waals surface area (Å²) in [4.78, 5) is 28.7. The molecule has 0 saturated carbocycles. The molecule has 0 aliphatic carbocycles. The first kappa shape index (κ1) is 24.2. The minimum atomic E-state index is -0.0884. The molecule has 0 bridgehead atoms. The third-order valence-corrected chi connectivity index (χ3v) is 5.47. The van der Waals surface area contributed by atoms with Gasteiger partial charge in [0.2, 0.25) is 17.6 Å². The molecule has 7 nitrogen and oxygen atoms in total. The monoisotopic (exact) mass is 449 g/mol. The third kappa shape index (κ3) is 7.56. The second-order valence-corrected chi connectivity index (χ2v) is 7.87. The predicted octanol–water partition coefficient (Wildman–Crippen LogP) is 4.80. The van der Waals surface area contributed by atoms with E-state index >= 15 is 0 Å². The van der Waals surface area contributed by atoms with Gasteiger partial charge in [-0.05, 0) is 49.1 Å². The summed E-state index contributed by atoms with van der Waals surface area (Å²) in [6, 6.07) is 15.1. The van der Waals surface area contributed by atoms with Gasteiger partial charge in [-0.25, -0.2) is 0 Å². The zero-order valence-corrected chi connectivity index (χ0v) is 19.3. The number of benzene rings is 2. The van der Waals surface area contributed by atoms with Crippen molar-refractivity contribution in [3.63, 3.8) is 0 Å². The molecule has 1 heterocycles. The zero-order valence-electron chi connectivity index (χ0n) is 19.3. The molecule has 0 radical (unpaired) electrons. The van der Waals surface area contributed by atoms with Crippen LogP contribution in [0.2, 0.25) is 0 Å². The molecule has 33 heavy (non-hydrogen) atoms. The Morgan fingerprint density at radius 1 is 0.970 bits per heavy atom. The second-order valence-electron chi connectivity index (χ2n) is 7.87. The van der Waals surface area contributed by atoms with Crippen molar-refractivity contribution in [3.05, 3.63) is 65.5 Å². The van der Waals surface area contributed by atoms with Crippen LogP contribution in [0.4, 0.5) is 0 Å². The van der Waals surface area contributed by atoms with Crippen LogP contribution in [-0.4, -0.2) is 35.5 Å². The van der Waals surface area contributed by atoms with Gasteiger partial charge in [-0.2, -0.15) is 4.98 Å². The van der Waals surface area contributed by atoms with Gasteiger partial charge in [0.1, 0.15) is 5.75 Å². The number of methoxy groups -OCH3 is 1. The lowest BCUT2D eigenvalue weighted by Gasteiger charge is -2.05. The topological polar surface area (TPSA) is 94.3 Å². The molecule has 3 rings (SSSR count). The summed E-state index contributed by atoms with van der Waals surface area (Å²) in [5, 5.41) is 6.92. The fraction of sp³-hybridized carbons (Fsp3) is 0.385. The largest absolute Gasteiger partial charge is 0.497 e. The average Bonchev–Trinajstić information content (AvgIpc) is 3.33. The molecule has 0 fully saturated rings. The number of carbonyl (C=O) groups is 2. The van der Waals surface area contributed by atoms with Crippen molar-refractivity contribution in [1.29, 1.82) is 0 Å². The lowest BCUT2D eigenvalue weighted by Crippen LogP contribution is -2.24. The highest BCUT2D eigenvalue weighted by Gasteiger charge is 2.10. The molecular formula is C26H31N3O4. The third-order valence-electron chi connectivity index (χ3n) is 5.47. The molecule has 7 heteroatoms. The molecule has 0 atom stereocenters. The Morgan fingerprint density at radius 3 is 2.42 bits per heavy atom. The average molecular weight is 450 g/mol. The molecule has 3 aromatic rings. The fourth-order valence-corrected chi connectivity index (χ4v) is 3.41. The van der Waals surface area contributed by atoms with E-state index in [2.05, 4.69) is 22.4 Å². The maximum atomic E-state index is 12.2. The van der Waals surface area contributed by atoms with Crippen molar-refractivity contribution < 1.29 is 18.8 Å². The smallest absolute Gasteiger partial charge is 0.226 e. The normalized spacial score (nSPS) is 10.7. The number of Topliss-reactive ketones (excluding diaryl/α,β-unsaturated/α-hetero) is 1. The summed E-state index contributed by atoms with van der Waals surface area (Å²) in [5.41, 5.74) is 2.74. The second kappa shape index (κ2) is 12.5. The Kier molecular flexibility index (Phi) is 9.18. The Labute approximate surface area is 194 Å². The van der Waals surface area contributed by atoms with Gasteiger partial charge in [0.25, 0.3) is 0 Å². The van der Waals surface area contributed by atoms with Crippen molar-refractivity contribution in [2.45, 2.75) is 51.9 Å². The molecule has 0 unspecified atom stereocenters. The van der Waals surface area contributed by atoms with E-state index in [9.17, 15) is 9.59 Å². The van der Waals surface area contributed by atoms with Crippen molar-refractivity contribution in [2.75, 3.05) is 13.7 Å². The number of hydrogen-bond acceptors (Lipinski definition) is 6. The van der Waals surface area contributed by atoms with E-state index in [0.717, 1.165) is 37.0 Å². The van der Waals surface area contributed by atoms with Crippen LogP contribution < -0.4 is 10.1 Å². The Bertz CT molecular complexity index is 1030. The van der Waals surface area contributed by atoms with Crippen molar-refractivity contribution in [2.24, 2.45) is 0 Å². The van der Waals surface area contributed by atoms with Gasteiger partial charge >= 0.3 is 0 Å². The van der Waals surface area contributed by atoms with Crippen molar-refractivity contribution >= 4 is 11.7 Å². The highest BCUT2D eigenvalue weighted by atomic mass is 16.5. The van der Waals surface area contributed by atoms with E-state index in [1.54, 1.807) is 7.11 Å². The number of nitrogens with zero attached hydrogens (tertiary/aromatic N) is 2. The van der Waals surface area contributed by atoms with E-state index in [4.69, 9.17) is 9.26 Å². The van der Waals surface area contributed by atoms with E-state index in [1.807, 2.05) is 48.5 Å². The molecule has 174 valence electrons. The highest BCUT2D eigenvalue weighted by Crippen LogP contribution is 2.20. The van der Waals surface area contributed by atoms with Crippen molar-refractivity contribution in [3.8, 4) is 17.1 Å². The number of nitrogens with one attached hydrogen (secondary N) is 1. The zero-order chi connectivity index (χ0) is 23.5. The molecule has 1 amide bonds. The fourth-order valence-electron chi connectivity index (χ4n) is 3.41. The van der Waals surface area contributed by atoms with E-state index in [-0.39, 0.29) is 24.5 Å². The molecular weight excluding hydrogens is 418 g/mol. The maximum absolute atomic E-state index is 12.2. The van der Waals surface area contributed by atoms with Crippen LogP contribution in [0.1, 0.15) is 60.8 Å². The van der Waals surface area contributed by atoms with E-state index in [0.29, 0.717) is 30.2 Å². The highest BCUT2D eigenvalue weighted by molar-refractivity contribution is 5.97. The maximum Gasteiger partial charge on any atom is 0.226 e. The van der Waals surface area contributed by atoms with E-state index < -0.39 is 0 Å². The van der Waals surface area contributed by atoms with Gasteiger partial charge in [-0.15, -0.1) is 0 Å². The molecule has 1 N–H and O–H groups in total. The number of amides is 1. The first-order valence-electron chi connectivity index (χ1n) is 11.4. The number of carbonyl (C=O) groups excluding carboxylic acids is 2. The lowest BCUT2D eigenvalue weighted by atomic mass is 10.0. The SMILES string of the molecule is CCc1ccc(C(=O)CCC(=O)NCCCCCc2nc(-c3ccc(OC)cc3)no2)cc1. The Morgan fingerprint density at radius 2 is 1.73 bits per heavy atom. The first-order valence-corrected chi connectivity index (χ1v) is 11.4. The number of aromatic nitrogens is 2. The number of rotatable bonds is 13. The molecule has 0 saturated heterocycles. The number of ketones is 1. The molecule has 0 aliphatic rings. The molecule has 0 aliphatic heterocycles. The number of ether oxygens (including phenoxy) is 1. The standard InChI is InChI=1S/C26H31N3O4/c1-3-19-8-10-20(11-9-19)23(30)16-17-24(31)27-18-6-4-5-7-25-28-26(29-33-25)21-12-14-22(32-2)15-13-21/h8-15H,3-7,16-18H2,1-2H3,(H,27,31). The van der Waals surface area contributed by atoms with Crippen LogP contribution in [0.5, 0.6) is 5.75 Å². The first-order chi connectivity index (χ1) is 16.1. The lowest BCUT2D eigenvalue weighted by molar-refractivity contribution is -0.121. The summed E-state index contributed by atoms with van der Waals surface area (Å²) in [7, 11) is 1.63. The summed E-state index contributed by atoms with van der Waals surface area (Å²) < 4.78 is 10.5. The van der Waals surface area contributed by atoms with Gasteiger partial charge in [0.15, 0.2) is 5.78 Å². The molecule has 0 spiro atoms. The number of hydrogen-bond donors (Lipinski definition) is 1. The summed E-state index contributed by atoms with van der Waals surface area (Å²) in [6.07, 6.45) is 4.77. The van der Waals surface area contributed by atoms with Crippen LogP contribution in [0, 0.1) is 0 Å². The van der Waals surface area contributed by atoms with Crippen LogP contribution in [-0.2, 0) is 17.6 Å². The van der Waals surface area contributed by atoms with Gasteiger partial charge < -0.3 is 14.6 Å². The van der Waals surface area contributed by atoms with E-state index in [1.165, 1.54) is 5.56 Å². The predicted molar refractivity (Wildman–Crippen MR) is 126 cm³/mol. The minimum absolute atomic E-state index is 0.00127. The van der Waals surface area contributed by atoms with Gasteiger partial charge in [-0.3, -0.25) is 9.59 Å². The van der Waals surface area contributed by atoms with Crippen molar-refractivity contribution in [1.82, 2.24) is 15.5 Å². The summed E-state index contributed by atoms with van der Waals surface area (Å²) in [5.74, 6) is 1.87. The number of aryl methyl sites for hydroxylation is 2. The van der Waals surface area contributed by atoms with Crippen LogP contribution in [0.25, 0.3) is 11.4 Å². The van der Waals surface area contributed by atoms with Gasteiger partial charge in [0.05, 0.1) is 7.11 Å². The Balaban J connectivity index is 1.28. The Hall–Kier alpha value is -3.48. The van der Waals surface area contributed by atoms with Gasteiger partial charge in [0, 0.05) is 36.9 Å². The number of unbranched alkanes of at least 4 members (excludes halogenated alkanes) is 2. The minimum Gasteiger partial charge on any atom is -0.497 e. The van der Waals surface area contributed by atoms with Crippen LogP contribution in [0.3, 0.4) is 0 Å².